The summed E-state index contributed by atoms with van der Waals surface area (Å²) in [5, 5.41) is 2.76. The number of amides is 1. The maximum atomic E-state index is 11.2. The van der Waals surface area contributed by atoms with Gasteiger partial charge in [0, 0.05) is 19.4 Å². The molecule has 1 heterocycles. The molecular weight excluding hydrogens is 150 g/mol. The second kappa shape index (κ2) is 3.83. The van der Waals surface area contributed by atoms with Gasteiger partial charge in [0.2, 0.25) is 5.91 Å². The van der Waals surface area contributed by atoms with E-state index in [4.69, 9.17) is 12.8 Å². The molecule has 0 aliphatic carbocycles. The minimum Gasteiger partial charge on any atom is -0.355 e. The van der Waals surface area contributed by atoms with E-state index in [1.807, 2.05) is 0 Å². The van der Waals surface area contributed by atoms with Gasteiger partial charge >= 0.3 is 0 Å². The van der Waals surface area contributed by atoms with E-state index in [-0.39, 0.29) is 17.7 Å². The van der Waals surface area contributed by atoms with Crippen LogP contribution < -0.4 is 5.32 Å². The molecule has 1 N–H and O–H groups in total. The molecule has 2 nitrogen and oxygen atoms in total. The number of carbonyl (C=O) groups is 1. The summed E-state index contributed by atoms with van der Waals surface area (Å²) < 4.78 is 0. The van der Waals surface area contributed by atoms with E-state index in [1.54, 1.807) is 0 Å². The van der Waals surface area contributed by atoms with Crippen molar-refractivity contribution < 1.29 is 4.79 Å². The highest BCUT2D eigenvalue weighted by atomic mass is 16.2. The van der Waals surface area contributed by atoms with Crippen LogP contribution in [0.3, 0.4) is 0 Å². The number of terminal acetylenes is 2. The summed E-state index contributed by atoms with van der Waals surface area (Å²) in [7, 11) is 0. The average Bonchev–Trinajstić information content (AvgIpc) is 2.37. The standard InChI is InChI=1S/C10H11NO/c1-3-5-8-7-11-10(12)9(8)6-4-2/h1-2,8-9H,5-7H2,(H,11,12). The Morgan fingerprint density at radius 3 is 2.67 bits per heavy atom. The van der Waals surface area contributed by atoms with Gasteiger partial charge in [0.25, 0.3) is 0 Å². The van der Waals surface area contributed by atoms with E-state index in [1.165, 1.54) is 0 Å². The lowest BCUT2D eigenvalue weighted by Gasteiger charge is -2.09. The van der Waals surface area contributed by atoms with Gasteiger partial charge in [-0.05, 0) is 5.92 Å². The predicted molar refractivity (Wildman–Crippen MR) is 46.9 cm³/mol. The molecule has 2 unspecified atom stereocenters. The first-order valence-corrected chi connectivity index (χ1v) is 3.94. The molecule has 1 aliphatic heterocycles. The first-order chi connectivity index (χ1) is 5.79. The van der Waals surface area contributed by atoms with Crippen molar-refractivity contribution in [2.24, 2.45) is 11.8 Å². The van der Waals surface area contributed by atoms with Crippen LogP contribution in [0.2, 0.25) is 0 Å². The summed E-state index contributed by atoms with van der Waals surface area (Å²) in [5.74, 6) is 5.28. The van der Waals surface area contributed by atoms with E-state index in [0.29, 0.717) is 19.4 Å². The monoisotopic (exact) mass is 161 g/mol. The SMILES string of the molecule is C#CCC1CNC(=O)C1CC#C. The zero-order valence-corrected chi connectivity index (χ0v) is 6.84. The molecule has 0 aromatic heterocycles. The normalized spacial score (nSPS) is 27.3. The van der Waals surface area contributed by atoms with Gasteiger partial charge in [-0.2, -0.15) is 0 Å². The lowest BCUT2D eigenvalue weighted by atomic mass is 9.90. The van der Waals surface area contributed by atoms with Gasteiger partial charge in [-0.25, -0.2) is 0 Å². The van der Waals surface area contributed by atoms with Gasteiger partial charge in [-0.15, -0.1) is 24.7 Å². The summed E-state index contributed by atoms with van der Waals surface area (Å²) >= 11 is 0. The molecule has 1 rings (SSSR count). The summed E-state index contributed by atoms with van der Waals surface area (Å²) in [6.07, 6.45) is 11.4. The zero-order chi connectivity index (χ0) is 8.97. The Kier molecular flexibility index (Phi) is 2.77. The van der Waals surface area contributed by atoms with E-state index in [2.05, 4.69) is 17.2 Å². The summed E-state index contributed by atoms with van der Waals surface area (Å²) in [6.45, 7) is 0.676. The summed E-state index contributed by atoms with van der Waals surface area (Å²) in [6, 6.07) is 0. The number of hydrogen-bond acceptors (Lipinski definition) is 1. The summed E-state index contributed by atoms with van der Waals surface area (Å²) in [4.78, 5) is 11.2. The van der Waals surface area contributed by atoms with Crippen LogP contribution in [-0.4, -0.2) is 12.5 Å². The number of hydrogen-bond donors (Lipinski definition) is 1. The second-order valence-electron chi connectivity index (χ2n) is 2.93. The fourth-order valence-corrected chi connectivity index (χ4v) is 1.47. The van der Waals surface area contributed by atoms with Gasteiger partial charge in [0.15, 0.2) is 0 Å². The van der Waals surface area contributed by atoms with Crippen molar-refractivity contribution in [3.05, 3.63) is 0 Å². The molecule has 1 fully saturated rings. The highest BCUT2D eigenvalue weighted by molar-refractivity contribution is 5.81. The van der Waals surface area contributed by atoms with Gasteiger partial charge in [-0.1, -0.05) is 0 Å². The van der Waals surface area contributed by atoms with Crippen molar-refractivity contribution in [1.29, 1.82) is 0 Å². The zero-order valence-electron chi connectivity index (χ0n) is 6.84. The second-order valence-corrected chi connectivity index (χ2v) is 2.93. The third kappa shape index (κ3) is 1.60. The largest absolute Gasteiger partial charge is 0.355 e. The smallest absolute Gasteiger partial charge is 0.224 e. The van der Waals surface area contributed by atoms with Crippen molar-refractivity contribution in [2.75, 3.05) is 6.54 Å². The quantitative estimate of drug-likeness (QED) is 0.583. The molecule has 2 heteroatoms. The lowest BCUT2D eigenvalue weighted by Crippen LogP contribution is -2.19. The Labute approximate surface area is 72.7 Å². The van der Waals surface area contributed by atoms with Crippen LogP contribution in [0, 0.1) is 36.5 Å². The van der Waals surface area contributed by atoms with E-state index >= 15 is 0 Å². The van der Waals surface area contributed by atoms with Crippen molar-refractivity contribution in [2.45, 2.75) is 12.8 Å². The molecule has 0 saturated carbocycles. The number of rotatable bonds is 2. The molecule has 0 radical (unpaired) electrons. The maximum absolute atomic E-state index is 11.2. The van der Waals surface area contributed by atoms with E-state index in [0.717, 1.165) is 0 Å². The van der Waals surface area contributed by atoms with Crippen LogP contribution in [0.1, 0.15) is 12.8 Å². The number of carbonyl (C=O) groups excluding carboxylic acids is 1. The third-order valence-corrected chi connectivity index (χ3v) is 2.16. The molecule has 1 amide bonds. The van der Waals surface area contributed by atoms with Crippen LogP contribution in [0.5, 0.6) is 0 Å². The van der Waals surface area contributed by atoms with Crippen LogP contribution in [0.4, 0.5) is 0 Å². The average molecular weight is 161 g/mol. The maximum Gasteiger partial charge on any atom is 0.224 e. The van der Waals surface area contributed by atoms with E-state index in [9.17, 15) is 4.79 Å². The van der Waals surface area contributed by atoms with Crippen LogP contribution in [0.25, 0.3) is 0 Å². The molecule has 1 aliphatic rings. The molecule has 1 saturated heterocycles. The van der Waals surface area contributed by atoms with Crippen molar-refractivity contribution in [1.82, 2.24) is 5.32 Å². The fourth-order valence-electron chi connectivity index (χ4n) is 1.47. The minimum absolute atomic E-state index is 0.0493. The Bertz CT molecular complexity index is 256. The lowest BCUT2D eigenvalue weighted by molar-refractivity contribution is -0.122. The molecule has 0 bridgehead atoms. The molecule has 0 aromatic rings. The highest BCUT2D eigenvalue weighted by Crippen LogP contribution is 2.23. The number of nitrogens with one attached hydrogen (secondary N) is 1. The Morgan fingerprint density at radius 2 is 2.08 bits per heavy atom. The summed E-state index contributed by atoms with van der Waals surface area (Å²) in [5.41, 5.74) is 0. The third-order valence-electron chi connectivity index (χ3n) is 2.16. The van der Waals surface area contributed by atoms with Crippen LogP contribution in [0.15, 0.2) is 0 Å². The molecule has 2 atom stereocenters. The van der Waals surface area contributed by atoms with Crippen LogP contribution >= 0.6 is 0 Å². The molecule has 0 aromatic carbocycles. The molecule has 62 valence electrons. The van der Waals surface area contributed by atoms with Crippen LogP contribution in [-0.2, 0) is 4.79 Å². The minimum atomic E-state index is -0.0638. The molecule has 0 spiro atoms. The topological polar surface area (TPSA) is 29.1 Å². The highest BCUT2D eigenvalue weighted by Gasteiger charge is 2.32. The first-order valence-electron chi connectivity index (χ1n) is 3.94. The molecule has 12 heavy (non-hydrogen) atoms. The van der Waals surface area contributed by atoms with Gasteiger partial charge < -0.3 is 5.32 Å². The Balaban J connectivity index is 2.60. The van der Waals surface area contributed by atoms with Gasteiger partial charge in [0.1, 0.15) is 0 Å². The molecular formula is C10H11NO. The van der Waals surface area contributed by atoms with Crippen molar-refractivity contribution in [3.63, 3.8) is 0 Å². The van der Waals surface area contributed by atoms with Gasteiger partial charge in [-0.3, -0.25) is 4.79 Å². The Morgan fingerprint density at radius 1 is 1.42 bits per heavy atom. The van der Waals surface area contributed by atoms with Crippen molar-refractivity contribution >= 4 is 5.91 Å². The van der Waals surface area contributed by atoms with E-state index < -0.39 is 0 Å². The fraction of sp³-hybridized carbons (Fsp3) is 0.500. The Hall–Kier alpha value is -1.41. The van der Waals surface area contributed by atoms with Gasteiger partial charge in [0.05, 0.1) is 5.92 Å². The van der Waals surface area contributed by atoms with Crippen molar-refractivity contribution in [3.8, 4) is 24.7 Å². The first kappa shape index (κ1) is 8.68. The predicted octanol–water partition coefficient (Wildman–Crippen LogP) is 0.395.